The number of rotatable bonds is 4. The first kappa shape index (κ1) is 20.9. The number of para-hydroxylation sites is 2. The van der Waals surface area contributed by atoms with Crippen LogP contribution in [0.25, 0.3) is 38.6 Å². The Kier molecular flexibility index (Phi) is 6.23. The van der Waals surface area contributed by atoms with Gasteiger partial charge in [0.1, 0.15) is 0 Å². The smallest absolute Gasteiger partial charge is 0.0541 e. The largest absolute Gasteiger partial charge is 0.309 e. The van der Waals surface area contributed by atoms with Crippen molar-refractivity contribution in [2.45, 2.75) is 40.0 Å². The van der Waals surface area contributed by atoms with Crippen LogP contribution >= 0.6 is 0 Å². The molecule has 1 nitrogen and oxygen atoms in total. The average molecular weight is 406 g/mol. The summed E-state index contributed by atoms with van der Waals surface area (Å²) in [6.45, 7) is 8.54. The Morgan fingerprint density at radius 2 is 1.23 bits per heavy atom. The quantitative estimate of drug-likeness (QED) is 0.281. The Hall–Kier alpha value is -3.32. The highest BCUT2D eigenvalue weighted by atomic mass is 15.0. The topological polar surface area (TPSA) is 4.93 Å². The molecule has 1 aromatic heterocycles. The molecule has 1 heteroatoms. The summed E-state index contributed by atoms with van der Waals surface area (Å²) in [4.78, 5) is 0. The van der Waals surface area contributed by atoms with Crippen LogP contribution in [0, 0.1) is 0 Å². The molecule has 0 saturated carbocycles. The average Bonchev–Trinajstić information content (AvgIpc) is 3.19. The molecule has 0 spiro atoms. The molecule has 0 fully saturated rings. The molecule has 5 rings (SSSR count). The summed E-state index contributed by atoms with van der Waals surface area (Å²) in [6, 6.07) is 35.2. The molecule has 4 aromatic carbocycles. The monoisotopic (exact) mass is 405 g/mol. The first-order valence-corrected chi connectivity index (χ1v) is 11.4. The van der Waals surface area contributed by atoms with Gasteiger partial charge in [0.25, 0.3) is 0 Å². The van der Waals surface area contributed by atoms with Gasteiger partial charge in [0.2, 0.25) is 0 Å². The number of hydrogen-bond donors (Lipinski definition) is 0. The fraction of sp³-hybridized carbons (Fsp3) is 0.200. The number of hydrogen-bond acceptors (Lipinski definition) is 0. The second-order valence-corrected chi connectivity index (χ2v) is 7.85. The zero-order chi connectivity index (χ0) is 21.8. The van der Waals surface area contributed by atoms with Gasteiger partial charge >= 0.3 is 0 Å². The SMILES string of the molecule is CC.CCC(C)c1cccc(-c2ccc(-n3c4ccccc4c4ccccc43)cc2)c1. The van der Waals surface area contributed by atoms with Crippen molar-refractivity contribution in [2.75, 3.05) is 0 Å². The minimum absolute atomic E-state index is 0.590. The van der Waals surface area contributed by atoms with E-state index in [0.717, 1.165) is 6.42 Å². The summed E-state index contributed by atoms with van der Waals surface area (Å²) < 4.78 is 2.37. The van der Waals surface area contributed by atoms with Crippen LogP contribution in [0.2, 0.25) is 0 Å². The molecule has 0 radical (unpaired) electrons. The Morgan fingerprint density at radius 3 is 1.81 bits per heavy atom. The van der Waals surface area contributed by atoms with Crippen molar-refractivity contribution in [3.63, 3.8) is 0 Å². The van der Waals surface area contributed by atoms with Gasteiger partial charge in [0.15, 0.2) is 0 Å². The molecule has 5 aromatic rings. The molecule has 0 bridgehead atoms. The third-order valence-electron chi connectivity index (χ3n) is 6.11. The van der Waals surface area contributed by atoms with Gasteiger partial charge in [0, 0.05) is 16.5 Å². The summed E-state index contributed by atoms with van der Waals surface area (Å²) in [6.07, 6.45) is 1.16. The normalized spacial score (nSPS) is 11.9. The second kappa shape index (κ2) is 9.22. The Labute approximate surface area is 186 Å². The maximum absolute atomic E-state index is 2.37. The van der Waals surface area contributed by atoms with Gasteiger partial charge in [-0.25, -0.2) is 0 Å². The van der Waals surface area contributed by atoms with E-state index < -0.39 is 0 Å². The highest BCUT2D eigenvalue weighted by molar-refractivity contribution is 6.09. The summed E-state index contributed by atoms with van der Waals surface area (Å²) in [5.74, 6) is 0.590. The highest BCUT2D eigenvalue weighted by Gasteiger charge is 2.11. The summed E-state index contributed by atoms with van der Waals surface area (Å²) in [5, 5.41) is 2.60. The van der Waals surface area contributed by atoms with Crippen molar-refractivity contribution in [1.29, 1.82) is 0 Å². The molecule has 1 unspecified atom stereocenters. The van der Waals surface area contributed by atoms with E-state index >= 15 is 0 Å². The zero-order valence-electron chi connectivity index (χ0n) is 19.0. The van der Waals surface area contributed by atoms with Crippen LogP contribution in [0.1, 0.15) is 45.6 Å². The molecule has 0 aliphatic rings. The van der Waals surface area contributed by atoms with E-state index in [1.165, 1.54) is 44.2 Å². The first-order chi connectivity index (χ1) is 15.3. The van der Waals surface area contributed by atoms with E-state index in [9.17, 15) is 0 Å². The number of fused-ring (bicyclic) bond motifs is 3. The van der Waals surface area contributed by atoms with E-state index in [-0.39, 0.29) is 0 Å². The third-order valence-corrected chi connectivity index (χ3v) is 6.11. The Balaban J connectivity index is 0.00000112. The van der Waals surface area contributed by atoms with E-state index in [1.54, 1.807) is 0 Å². The van der Waals surface area contributed by atoms with E-state index in [1.807, 2.05) is 13.8 Å². The number of benzene rings is 4. The van der Waals surface area contributed by atoms with Crippen LogP contribution in [-0.4, -0.2) is 4.57 Å². The van der Waals surface area contributed by atoms with Gasteiger partial charge in [0.05, 0.1) is 11.0 Å². The zero-order valence-corrected chi connectivity index (χ0v) is 19.0. The van der Waals surface area contributed by atoms with E-state index in [4.69, 9.17) is 0 Å². The van der Waals surface area contributed by atoms with E-state index in [0.29, 0.717) is 5.92 Å². The van der Waals surface area contributed by atoms with Gasteiger partial charge in [-0.1, -0.05) is 100 Å². The molecule has 0 aliphatic heterocycles. The lowest BCUT2D eigenvalue weighted by molar-refractivity contribution is 0.734. The van der Waals surface area contributed by atoms with Crippen molar-refractivity contribution in [2.24, 2.45) is 0 Å². The van der Waals surface area contributed by atoms with E-state index in [2.05, 4.69) is 115 Å². The molecular formula is C30H31N. The van der Waals surface area contributed by atoms with Gasteiger partial charge in [-0.15, -0.1) is 0 Å². The van der Waals surface area contributed by atoms with Crippen molar-refractivity contribution in [1.82, 2.24) is 4.57 Å². The maximum Gasteiger partial charge on any atom is 0.0541 e. The Bertz CT molecular complexity index is 1240. The van der Waals surface area contributed by atoms with Crippen LogP contribution in [0.5, 0.6) is 0 Å². The number of aromatic nitrogens is 1. The maximum atomic E-state index is 2.37. The highest BCUT2D eigenvalue weighted by Crippen LogP contribution is 2.33. The van der Waals surface area contributed by atoms with Gasteiger partial charge in [-0.2, -0.15) is 0 Å². The lowest BCUT2D eigenvalue weighted by atomic mass is 9.94. The molecule has 156 valence electrons. The van der Waals surface area contributed by atoms with Crippen molar-refractivity contribution >= 4 is 21.8 Å². The number of nitrogens with zero attached hydrogens (tertiary/aromatic N) is 1. The summed E-state index contributed by atoms with van der Waals surface area (Å²) in [5.41, 5.74) is 7.66. The summed E-state index contributed by atoms with van der Waals surface area (Å²) >= 11 is 0. The first-order valence-electron chi connectivity index (χ1n) is 11.4. The third kappa shape index (κ3) is 3.88. The van der Waals surface area contributed by atoms with Crippen LogP contribution < -0.4 is 0 Å². The van der Waals surface area contributed by atoms with Gasteiger partial charge in [-0.3, -0.25) is 0 Å². The standard InChI is InChI=1S/C28H25N.C2H6/c1-3-20(2)22-9-8-10-23(19-22)21-15-17-24(18-16-21)29-27-13-6-4-11-25(27)26-12-5-7-14-28(26)29;1-2/h4-20H,3H2,1-2H3;1-2H3. The van der Waals surface area contributed by atoms with Crippen molar-refractivity contribution in [3.05, 3.63) is 103 Å². The minimum Gasteiger partial charge on any atom is -0.309 e. The lowest BCUT2D eigenvalue weighted by Gasteiger charge is -2.12. The van der Waals surface area contributed by atoms with Crippen molar-refractivity contribution < 1.29 is 0 Å². The van der Waals surface area contributed by atoms with Gasteiger partial charge < -0.3 is 4.57 Å². The molecule has 1 heterocycles. The fourth-order valence-electron chi connectivity index (χ4n) is 4.26. The van der Waals surface area contributed by atoms with Crippen molar-refractivity contribution in [3.8, 4) is 16.8 Å². The molecule has 0 saturated heterocycles. The summed E-state index contributed by atoms with van der Waals surface area (Å²) in [7, 11) is 0. The van der Waals surface area contributed by atoms with Crippen LogP contribution in [-0.2, 0) is 0 Å². The molecule has 31 heavy (non-hydrogen) atoms. The second-order valence-electron chi connectivity index (χ2n) is 7.85. The van der Waals surface area contributed by atoms with Crippen LogP contribution in [0.3, 0.4) is 0 Å². The van der Waals surface area contributed by atoms with Gasteiger partial charge in [-0.05, 0) is 53.3 Å². The molecular weight excluding hydrogens is 374 g/mol. The molecule has 0 N–H and O–H groups in total. The Morgan fingerprint density at radius 1 is 0.645 bits per heavy atom. The molecule has 0 aliphatic carbocycles. The predicted octanol–water partition coefficient (Wildman–Crippen LogP) is 8.99. The molecule has 1 atom stereocenters. The lowest BCUT2D eigenvalue weighted by Crippen LogP contribution is -1.94. The van der Waals surface area contributed by atoms with Crippen LogP contribution in [0.4, 0.5) is 0 Å². The molecule has 0 amide bonds. The fourth-order valence-corrected chi connectivity index (χ4v) is 4.26. The minimum atomic E-state index is 0.590. The predicted molar refractivity (Wildman–Crippen MR) is 136 cm³/mol. The van der Waals surface area contributed by atoms with Crippen LogP contribution in [0.15, 0.2) is 97.1 Å².